The SMILES string of the molecule is COc1ccc(-c2ccccc2N=[N+]=[N-])c2cccnc12. The number of aromatic nitrogens is 1. The first kappa shape index (κ1) is 13.0. The number of hydrogen-bond acceptors (Lipinski definition) is 3. The molecule has 21 heavy (non-hydrogen) atoms. The molecule has 0 saturated heterocycles. The summed E-state index contributed by atoms with van der Waals surface area (Å²) >= 11 is 0. The van der Waals surface area contributed by atoms with Gasteiger partial charge >= 0.3 is 0 Å². The molecule has 0 radical (unpaired) electrons. The lowest BCUT2D eigenvalue weighted by molar-refractivity contribution is 0.419. The Hall–Kier alpha value is -3.04. The number of nitrogens with zero attached hydrogens (tertiary/aromatic N) is 4. The zero-order valence-corrected chi connectivity index (χ0v) is 11.4. The lowest BCUT2D eigenvalue weighted by Crippen LogP contribution is -1.90. The Kier molecular flexibility index (Phi) is 3.41. The molecule has 0 saturated carbocycles. The fraction of sp³-hybridized carbons (Fsp3) is 0.0625. The summed E-state index contributed by atoms with van der Waals surface area (Å²) in [5, 5.41) is 4.72. The third-order valence-corrected chi connectivity index (χ3v) is 3.30. The van der Waals surface area contributed by atoms with Gasteiger partial charge in [-0.1, -0.05) is 35.4 Å². The third-order valence-electron chi connectivity index (χ3n) is 3.30. The first-order valence-electron chi connectivity index (χ1n) is 6.41. The maximum Gasteiger partial charge on any atom is 0.145 e. The number of ether oxygens (including phenoxy) is 1. The van der Waals surface area contributed by atoms with Crippen LogP contribution in [0.25, 0.3) is 32.5 Å². The van der Waals surface area contributed by atoms with Crippen molar-refractivity contribution >= 4 is 16.6 Å². The molecule has 1 aromatic heterocycles. The molecule has 3 aromatic rings. The van der Waals surface area contributed by atoms with E-state index in [2.05, 4.69) is 15.0 Å². The molecule has 0 fully saturated rings. The first-order valence-corrected chi connectivity index (χ1v) is 6.41. The predicted molar refractivity (Wildman–Crippen MR) is 82.5 cm³/mol. The number of methoxy groups -OCH3 is 1. The normalized spacial score (nSPS) is 10.1. The maximum absolute atomic E-state index is 8.71. The zero-order valence-electron chi connectivity index (χ0n) is 11.4. The highest BCUT2D eigenvalue weighted by Crippen LogP contribution is 2.37. The van der Waals surface area contributed by atoms with Gasteiger partial charge in [-0.3, -0.25) is 4.98 Å². The second-order valence-electron chi connectivity index (χ2n) is 4.42. The van der Waals surface area contributed by atoms with Crippen molar-refractivity contribution < 1.29 is 4.74 Å². The highest BCUT2D eigenvalue weighted by Gasteiger charge is 2.11. The molecule has 0 atom stereocenters. The Labute approximate surface area is 121 Å². The molecule has 5 heteroatoms. The average Bonchev–Trinajstić information content (AvgIpc) is 2.55. The highest BCUT2D eigenvalue weighted by molar-refractivity contribution is 6.00. The monoisotopic (exact) mass is 276 g/mol. The fourth-order valence-corrected chi connectivity index (χ4v) is 2.38. The minimum atomic E-state index is 0.593. The average molecular weight is 276 g/mol. The van der Waals surface area contributed by atoms with E-state index in [0.717, 1.165) is 27.8 Å². The molecule has 2 aromatic carbocycles. The topological polar surface area (TPSA) is 70.9 Å². The van der Waals surface area contributed by atoms with E-state index in [1.165, 1.54) is 0 Å². The molecule has 0 aliphatic rings. The molecule has 0 bridgehead atoms. The number of fused-ring (bicyclic) bond motifs is 1. The van der Waals surface area contributed by atoms with Gasteiger partial charge in [-0.25, -0.2) is 0 Å². The minimum absolute atomic E-state index is 0.593. The van der Waals surface area contributed by atoms with E-state index in [1.54, 1.807) is 19.4 Å². The van der Waals surface area contributed by atoms with Crippen LogP contribution in [0.2, 0.25) is 0 Å². The van der Waals surface area contributed by atoms with Crippen LogP contribution in [-0.4, -0.2) is 12.1 Å². The molecule has 1 heterocycles. The Morgan fingerprint density at radius 1 is 1.05 bits per heavy atom. The Bertz CT molecular complexity index is 854. The number of rotatable bonds is 3. The summed E-state index contributed by atoms with van der Waals surface area (Å²) in [7, 11) is 1.62. The molecule has 0 unspecified atom stereocenters. The van der Waals surface area contributed by atoms with E-state index < -0.39 is 0 Å². The predicted octanol–water partition coefficient (Wildman–Crippen LogP) is 4.85. The molecule has 0 spiro atoms. The second kappa shape index (κ2) is 5.53. The van der Waals surface area contributed by atoms with Gasteiger partial charge < -0.3 is 4.74 Å². The van der Waals surface area contributed by atoms with E-state index in [1.807, 2.05) is 42.5 Å². The van der Waals surface area contributed by atoms with Gasteiger partial charge in [0, 0.05) is 22.2 Å². The Morgan fingerprint density at radius 2 is 1.90 bits per heavy atom. The standard InChI is InChI=1S/C16H12N4O/c1-21-15-9-8-11(13-6-4-10-18-16(13)15)12-5-2-3-7-14(12)19-20-17/h2-10H,1H3. The van der Waals surface area contributed by atoms with Crippen molar-refractivity contribution in [1.82, 2.24) is 4.98 Å². The van der Waals surface area contributed by atoms with Crippen LogP contribution in [0.5, 0.6) is 5.75 Å². The quantitative estimate of drug-likeness (QED) is 0.389. The number of benzene rings is 2. The third kappa shape index (κ3) is 2.26. The van der Waals surface area contributed by atoms with Gasteiger partial charge in [0.25, 0.3) is 0 Å². The minimum Gasteiger partial charge on any atom is -0.494 e. The van der Waals surface area contributed by atoms with Crippen molar-refractivity contribution in [3.8, 4) is 16.9 Å². The maximum atomic E-state index is 8.71. The van der Waals surface area contributed by atoms with Crippen LogP contribution in [0.4, 0.5) is 5.69 Å². The van der Waals surface area contributed by atoms with Gasteiger partial charge in [0.2, 0.25) is 0 Å². The Balaban J connectivity index is 2.34. The van der Waals surface area contributed by atoms with Crippen LogP contribution < -0.4 is 4.74 Å². The van der Waals surface area contributed by atoms with E-state index >= 15 is 0 Å². The smallest absolute Gasteiger partial charge is 0.145 e. The second-order valence-corrected chi connectivity index (χ2v) is 4.42. The van der Waals surface area contributed by atoms with Crippen molar-refractivity contribution in [3.63, 3.8) is 0 Å². The van der Waals surface area contributed by atoms with E-state index in [0.29, 0.717) is 5.69 Å². The van der Waals surface area contributed by atoms with E-state index in [9.17, 15) is 0 Å². The van der Waals surface area contributed by atoms with Crippen LogP contribution in [0.3, 0.4) is 0 Å². The molecule has 0 aliphatic carbocycles. The molecule has 102 valence electrons. The van der Waals surface area contributed by atoms with Crippen molar-refractivity contribution in [2.45, 2.75) is 0 Å². The molecular formula is C16H12N4O. The van der Waals surface area contributed by atoms with Gasteiger partial charge in [-0.2, -0.15) is 0 Å². The summed E-state index contributed by atoms with van der Waals surface area (Å²) in [5.74, 6) is 0.718. The van der Waals surface area contributed by atoms with Crippen molar-refractivity contribution in [3.05, 3.63) is 65.2 Å². The summed E-state index contributed by atoms with van der Waals surface area (Å²) in [6.07, 6.45) is 1.73. The van der Waals surface area contributed by atoms with E-state index in [4.69, 9.17) is 10.3 Å². The molecule has 0 amide bonds. The fourth-order valence-electron chi connectivity index (χ4n) is 2.38. The molecule has 0 N–H and O–H groups in total. The molecule has 3 rings (SSSR count). The van der Waals surface area contributed by atoms with Crippen LogP contribution in [0, 0.1) is 0 Å². The molecule has 5 nitrogen and oxygen atoms in total. The van der Waals surface area contributed by atoms with Gasteiger partial charge in [-0.05, 0) is 34.9 Å². The van der Waals surface area contributed by atoms with Crippen molar-refractivity contribution in [2.24, 2.45) is 5.11 Å². The zero-order chi connectivity index (χ0) is 14.7. The van der Waals surface area contributed by atoms with Crippen molar-refractivity contribution in [2.75, 3.05) is 7.11 Å². The first-order chi connectivity index (χ1) is 10.3. The summed E-state index contributed by atoms with van der Waals surface area (Å²) in [6, 6.07) is 15.2. The molecular weight excluding hydrogens is 264 g/mol. The largest absolute Gasteiger partial charge is 0.494 e. The van der Waals surface area contributed by atoms with E-state index in [-0.39, 0.29) is 0 Å². The molecule has 0 aliphatic heterocycles. The van der Waals surface area contributed by atoms with Gasteiger partial charge in [-0.15, -0.1) is 0 Å². The van der Waals surface area contributed by atoms with Crippen LogP contribution >= 0.6 is 0 Å². The summed E-state index contributed by atoms with van der Waals surface area (Å²) < 4.78 is 5.35. The van der Waals surface area contributed by atoms with Crippen LogP contribution in [0.15, 0.2) is 59.8 Å². The van der Waals surface area contributed by atoms with Gasteiger partial charge in [0.15, 0.2) is 0 Å². The summed E-state index contributed by atoms with van der Waals surface area (Å²) in [6.45, 7) is 0. The summed E-state index contributed by atoms with van der Waals surface area (Å²) in [5.41, 5.74) is 11.9. The van der Waals surface area contributed by atoms with Gasteiger partial charge in [0.1, 0.15) is 11.3 Å². The van der Waals surface area contributed by atoms with Gasteiger partial charge in [0.05, 0.1) is 7.11 Å². The van der Waals surface area contributed by atoms with Crippen LogP contribution in [-0.2, 0) is 0 Å². The lowest BCUT2D eigenvalue weighted by Gasteiger charge is -2.11. The highest BCUT2D eigenvalue weighted by atomic mass is 16.5. The van der Waals surface area contributed by atoms with Crippen LogP contribution in [0.1, 0.15) is 0 Å². The lowest BCUT2D eigenvalue weighted by atomic mass is 9.99. The Morgan fingerprint density at radius 3 is 2.71 bits per heavy atom. The van der Waals surface area contributed by atoms with Crippen molar-refractivity contribution in [1.29, 1.82) is 0 Å². The summed E-state index contributed by atoms with van der Waals surface area (Å²) in [4.78, 5) is 7.28. The number of hydrogen-bond donors (Lipinski definition) is 0. The number of azide groups is 1. The number of pyridine rings is 1.